The van der Waals surface area contributed by atoms with Crippen molar-refractivity contribution in [1.29, 1.82) is 0 Å². The highest BCUT2D eigenvalue weighted by Gasteiger charge is 2.35. The van der Waals surface area contributed by atoms with Crippen molar-refractivity contribution < 1.29 is 19.0 Å². The molecule has 0 saturated carbocycles. The second kappa shape index (κ2) is 8.97. The number of carbonyl (C=O) groups is 1. The van der Waals surface area contributed by atoms with E-state index in [1.54, 1.807) is 14.2 Å². The normalized spacial score (nSPS) is 16.9. The molecule has 1 aliphatic rings. The van der Waals surface area contributed by atoms with E-state index in [4.69, 9.17) is 14.2 Å². The maximum absolute atomic E-state index is 13.2. The van der Waals surface area contributed by atoms with Crippen LogP contribution in [0.5, 0.6) is 11.5 Å². The van der Waals surface area contributed by atoms with Crippen LogP contribution in [0.2, 0.25) is 0 Å². The lowest BCUT2D eigenvalue weighted by Gasteiger charge is -2.41. The number of benzene rings is 2. The Morgan fingerprint density at radius 1 is 1.11 bits per heavy atom. The van der Waals surface area contributed by atoms with Gasteiger partial charge in [-0.05, 0) is 43.2 Å². The summed E-state index contributed by atoms with van der Waals surface area (Å²) >= 11 is 0. The minimum atomic E-state index is -0.278. The molecule has 2 unspecified atom stereocenters. The van der Waals surface area contributed by atoms with Gasteiger partial charge >= 0.3 is 0 Å². The van der Waals surface area contributed by atoms with Gasteiger partial charge in [0.15, 0.2) is 11.5 Å². The van der Waals surface area contributed by atoms with Gasteiger partial charge in [0.1, 0.15) is 12.8 Å². The van der Waals surface area contributed by atoms with Crippen LogP contribution in [-0.2, 0) is 4.74 Å². The highest BCUT2D eigenvalue weighted by atomic mass is 16.5. The number of carbonyl (C=O) groups excluding carboxylic acids is 1. The zero-order chi connectivity index (χ0) is 20.1. The van der Waals surface area contributed by atoms with Crippen molar-refractivity contribution >= 4 is 11.6 Å². The number of anilines is 1. The summed E-state index contributed by atoms with van der Waals surface area (Å²) in [5.74, 6) is 1.32. The number of hydrogen-bond donors (Lipinski definition) is 1. The van der Waals surface area contributed by atoms with Gasteiger partial charge in [0.2, 0.25) is 0 Å². The Balaban J connectivity index is 1.96. The Morgan fingerprint density at radius 3 is 2.61 bits per heavy atom. The standard InChI is InChI=1S/C22H28N2O4/c1-5-15(2)24-21(23-18-9-7-6-8-17(18)22(24)25)16-10-11-19(20(14-16)27-4)28-13-12-26-3/h6-11,14-15,21,23H,5,12-13H2,1-4H3. The van der Waals surface area contributed by atoms with E-state index in [9.17, 15) is 4.79 Å². The van der Waals surface area contributed by atoms with Crippen LogP contribution < -0.4 is 14.8 Å². The van der Waals surface area contributed by atoms with Crippen molar-refractivity contribution in [2.24, 2.45) is 0 Å². The van der Waals surface area contributed by atoms with E-state index in [2.05, 4.69) is 19.2 Å². The summed E-state index contributed by atoms with van der Waals surface area (Å²) in [6.07, 6.45) is 0.584. The summed E-state index contributed by atoms with van der Waals surface area (Å²) in [7, 11) is 3.25. The second-order valence-corrected chi connectivity index (χ2v) is 6.81. The van der Waals surface area contributed by atoms with Crippen molar-refractivity contribution in [3.05, 3.63) is 53.6 Å². The van der Waals surface area contributed by atoms with E-state index in [0.29, 0.717) is 30.3 Å². The van der Waals surface area contributed by atoms with Gasteiger partial charge in [-0.2, -0.15) is 0 Å². The van der Waals surface area contributed by atoms with Crippen LogP contribution in [0.15, 0.2) is 42.5 Å². The third-order valence-corrected chi connectivity index (χ3v) is 5.08. The van der Waals surface area contributed by atoms with E-state index in [-0.39, 0.29) is 18.1 Å². The monoisotopic (exact) mass is 384 g/mol. The van der Waals surface area contributed by atoms with Crippen LogP contribution in [0.1, 0.15) is 42.4 Å². The minimum absolute atomic E-state index is 0.0353. The molecule has 0 saturated heterocycles. The summed E-state index contributed by atoms with van der Waals surface area (Å²) in [6.45, 7) is 5.10. The molecule has 6 nitrogen and oxygen atoms in total. The molecule has 3 rings (SSSR count). The fraction of sp³-hybridized carbons (Fsp3) is 0.409. The van der Waals surface area contributed by atoms with E-state index in [1.807, 2.05) is 47.4 Å². The zero-order valence-corrected chi connectivity index (χ0v) is 16.9. The predicted molar refractivity (Wildman–Crippen MR) is 109 cm³/mol. The molecule has 0 radical (unpaired) electrons. The predicted octanol–water partition coefficient (Wildman–Crippen LogP) is 4.09. The molecule has 2 aromatic rings. The molecular weight excluding hydrogens is 356 g/mol. The Kier molecular flexibility index (Phi) is 6.41. The molecule has 1 aliphatic heterocycles. The SMILES string of the molecule is CCC(C)N1C(=O)c2ccccc2NC1c1ccc(OCCOC)c(OC)c1. The fourth-order valence-electron chi connectivity index (χ4n) is 3.37. The molecule has 0 aliphatic carbocycles. The van der Waals surface area contributed by atoms with E-state index >= 15 is 0 Å². The van der Waals surface area contributed by atoms with Gasteiger partial charge in [0.05, 0.1) is 19.3 Å². The highest BCUT2D eigenvalue weighted by molar-refractivity contribution is 6.01. The third-order valence-electron chi connectivity index (χ3n) is 5.08. The van der Waals surface area contributed by atoms with Crippen LogP contribution in [0.4, 0.5) is 5.69 Å². The average Bonchev–Trinajstić information content (AvgIpc) is 2.73. The summed E-state index contributed by atoms with van der Waals surface area (Å²) in [5.41, 5.74) is 2.49. The average molecular weight is 384 g/mol. The first-order valence-corrected chi connectivity index (χ1v) is 9.58. The molecule has 0 fully saturated rings. The number of fused-ring (bicyclic) bond motifs is 1. The van der Waals surface area contributed by atoms with E-state index < -0.39 is 0 Å². The number of nitrogens with one attached hydrogen (secondary N) is 1. The van der Waals surface area contributed by atoms with Gasteiger partial charge in [0.25, 0.3) is 5.91 Å². The van der Waals surface area contributed by atoms with Crippen molar-refractivity contribution in [2.75, 3.05) is 32.8 Å². The topological polar surface area (TPSA) is 60.0 Å². The number of para-hydroxylation sites is 1. The first kappa shape index (κ1) is 20.0. The highest BCUT2D eigenvalue weighted by Crippen LogP contribution is 2.38. The number of rotatable bonds is 8. The second-order valence-electron chi connectivity index (χ2n) is 6.81. The quantitative estimate of drug-likeness (QED) is 0.695. The molecule has 0 spiro atoms. The molecule has 1 N–H and O–H groups in total. The van der Waals surface area contributed by atoms with Crippen LogP contribution in [0.25, 0.3) is 0 Å². The largest absolute Gasteiger partial charge is 0.493 e. The molecule has 0 aromatic heterocycles. The van der Waals surface area contributed by atoms with Crippen LogP contribution in [0.3, 0.4) is 0 Å². The molecule has 6 heteroatoms. The molecule has 0 bridgehead atoms. The Labute approximate surface area is 166 Å². The number of ether oxygens (including phenoxy) is 3. The van der Waals surface area contributed by atoms with Crippen LogP contribution in [-0.4, -0.2) is 44.3 Å². The third kappa shape index (κ3) is 3.92. The smallest absolute Gasteiger partial charge is 0.258 e. The van der Waals surface area contributed by atoms with Crippen molar-refractivity contribution in [3.63, 3.8) is 0 Å². The van der Waals surface area contributed by atoms with Crippen molar-refractivity contribution in [1.82, 2.24) is 4.90 Å². The van der Waals surface area contributed by atoms with Crippen LogP contribution in [0, 0.1) is 0 Å². The maximum atomic E-state index is 13.2. The fourth-order valence-corrected chi connectivity index (χ4v) is 3.37. The minimum Gasteiger partial charge on any atom is -0.493 e. The number of amides is 1. The van der Waals surface area contributed by atoms with Gasteiger partial charge in [-0.3, -0.25) is 4.79 Å². The van der Waals surface area contributed by atoms with Gasteiger partial charge in [-0.15, -0.1) is 0 Å². The van der Waals surface area contributed by atoms with E-state index in [1.165, 1.54) is 0 Å². The molecular formula is C22H28N2O4. The van der Waals surface area contributed by atoms with Gasteiger partial charge in [0, 0.05) is 18.8 Å². The molecule has 1 amide bonds. The molecule has 2 atom stereocenters. The van der Waals surface area contributed by atoms with Gasteiger partial charge in [-0.25, -0.2) is 0 Å². The van der Waals surface area contributed by atoms with Crippen LogP contribution >= 0.6 is 0 Å². The maximum Gasteiger partial charge on any atom is 0.258 e. The molecule has 28 heavy (non-hydrogen) atoms. The van der Waals surface area contributed by atoms with Crippen molar-refractivity contribution in [3.8, 4) is 11.5 Å². The summed E-state index contributed by atoms with van der Waals surface area (Å²) in [4.78, 5) is 15.1. The first-order chi connectivity index (χ1) is 13.6. The molecule has 1 heterocycles. The Hall–Kier alpha value is -2.73. The summed E-state index contributed by atoms with van der Waals surface area (Å²) in [5, 5.41) is 3.52. The number of hydrogen-bond acceptors (Lipinski definition) is 5. The lowest BCUT2D eigenvalue weighted by Crippen LogP contribution is -2.47. The van der Waals surface area contributed by atoms with Crippen molar-refractivity contribution in [2.45, 2.75) is 32.5 Å². The Morgan fingerprint density at radius 2 is 1.89 bits per heavy atom. The Bertz CT molecular complexity index is 824. The molecule has 150 valence electrons. The first-order valence-electron chi connectivity index (χ1n) is 9.58. The zero-order valence-electron chi connectivity index (χ0n) is 16.9. The molecule has 2 aromatic carbocycles. The summed E-state index contributed by atoms with van der Waals surface area (Å²) in [6, 6.07) is 13.5. The van der Waals surface area contributed by atoms with E-state index in [0.717, 1.165) is 17.7 Å². The lowest BCUT2D eigenvalue weighted by molar-refractivity contribution is 0.0593. The van der Waals surface area contributed by atoms with Gasteiger partial charge in [-0.1, -0.05) is 25.1 Å². The number of methoxy groups -OCH3 is 2. The number of nitrogens with zero attached hydrogens (tertiary/aromatic N) is 1. The lowest BCUT2D eigenvalue weighted by atomic mass is 10.0. The summed E-state index contributed by atoms with van der Waals surface area (Å²) < 4.78 is 16.3. The van der Waals surface area contributed by atoms with Gasteiger partial charge < -0.3 is 24.4 Å².